The van der Waals surface area contributed by atoms with Crippen molar-refractivity contribution >= 4 is 58.3 Å². The van der Waals surface area contributed by atoms with Gasteiger partial charge in [-0.25, -0.2) is 0 Å². The minimum atomic E-state index is -1.51. The molecule has 0 amide bonds. The number of hydrogen-bond donors (Lipinski definition) is 0. The maximum absolute atomic E-state index is 12.3. The van der Waals surface area contributed by atoms with Crippen LogP contribution < -0.4 is 0 Å². The topological polar surface area (TPSA) is 52.6 Å². The van der Waals surface area contributed by atoms with Gasteiger partial charge in [-0.05, 0) is 23.7 Å². The van der Waals surface area contributed by atoms with Crippen LogP contribution in [0.25, 0.3) is 0 Å². The van der Waals surface area contributed by atoms with Crippen LogP contribution in [0.15, 0.2) is 12.2 Å². The first-order valence-corrected chi connectivity index (χ1v) is 8.85. The summed E-state index contributed by atoms with van der Waals surface area (Å²) in [4.78, 5) is 24.6. The van der Waals surface area contributed by atoms with Crippen molar-refractivity contribution in [3.8, 4) is 0 Å². The average molecular weight is 402 g/mol. The number of esters is 2. The third kappa shape index (κ3) is 2.48. The average Bonchev–Trinajstić information content (AvgIpc) is 2.49. The van der Waals surface area contributed by atoms with Crippen LogP contribution in [0.3, 0.4) is 0 Å². The third-order valence-corrected chi connectivity index (χ3v) is 6.87. The fraction of sp³-hybridized carbons (Fsp3) is 0.733. The lowest BCUT2D eigenvalue weighted by Crippen LogP contribution is -2.67. The van der Waals surface area contributed by atoms with E-state index in [9.17, 15) is 9.59 Å². The van der Waals surface area contributed by atoms with E-state index in [0.717, 1.165) is 0 Å². The molecule has 2 saturated carbocycles. The molecule has 0 heterocycles. The van der Waals surface area contributed by atoms with Gasteiger partial charge in [-0.2, -0.15) is 0 Å². The van der Waals surface area contributed by atoms with Crippen molar-refractivity contribution in [2.45, 2.75) is 9.17 Å². The normalized spacial score (nSPS) is 44.3. The second kappa shape index (κ2) is 5.98. The van der Waals surface area contributed by atoms with Gasteiger partial charge in [0.05, 0.1) is 26.1 Å². The smallest absolute Gasteiger partial charge is 0.310 e. The lowest BCUT2D eigenvalue weighted by atomic mass is 9.43. The van der Waals surface area contributed by atoms with E-state index in [-0.39, 0.29) is 35.0 Å². The molecule has 0 aromatic rings. The van der Waals surface area contributed by atoms with Crippen molar-refractivity contribution in [2.24, 2.45) is 41.4 Å². The summed E-state index contributed by atoms with van der Waals surface area (Å²) in [6.45, 7) is 0. The second-order valence-electron chi connectivity index (χ2n) is 6.30. The Morgan fingerprint density at radius 2 is 1.35 bits per heavy atom. The van der Waals surface area contributed by atoms with E-state index in [2.05, 4.69) is 0 Å². The predicted octanol–water partition coefficient (Wildman–Crippen LogP) is 3.22. The molecule has 4 aliphatic carbocycles. The Hall–Kier alpha value is -0.160. The molecule has 8 heteroatoms. The maximum atomic E-state index is 12.3. The molecule has 0 N–H and O–H groups in total. The molecule has 23 heavy (non-hydrogen) atoms. The number of allylic oxidation sites excluding steroid dienone is 2. The lowest BCUT2D eigenvalue weighted by Gasteiger charge is -2.64. The summed E-state index contributed by atoms with van der Waals surface area (Å²) >= 11 is 24.8. The molecule has 8 atom stereocenters. The number of fused-ring (bicyclic) bond motifs is 1. The molecular formula is C15H16Cl4O4. The van der Waals surface area contributed by atoms with Crippen LogP contribution in [0, 0.1) is 41.4 Å². The summed E-state index contributed by atoms with van der Waals surface area (Å²) in [5.41, 5.74) is 0. The van der Waals surface area contributed by atoms with Crippen LogP contribution in [0.2, 0.25) is 0 Å². The Kier molecular flexibility index (Phi) is 4.59. The van der Waals surface area contributed by atoms with Gasteiger partial charge < -0.3 is 9.47 Å². The van der Waals surface area contributed by atoms with Crippen LogP contribution in [0.5, 0.6) is 0 Å². The Bertz CT molecular complexity index is 558. The number of ether oxygens (including phenoxy) is 2. The van der Waals surface area contributed by atoms with E-state index in [1.165, 1.54) is 14.2 Å². The standard InChI is InChI=1S/C15H16Cl4O4/c1-22-13(20)9-5-3-4-6(10(9)14(21)23-2)8-7(5)11(12(8)16)15(17,18)19/h3-12H,1-2H3. The zero-order valence-corrected chi connectivity index (χ0v) is 15.4. The lowest BCUT2D eigenvalue weighted by molar-refractivity contribution is -0.178. The van der Waals surface area contributed by atoms with Gasteiger partial charge in [0.25, 0.3) is 0 Å². The molecule has 0 radical (unpaired) electrons. The largest absolute Gasteiger partial charge is 0.469 e. The van der Waals surface area contributed by atoms with E-state index in [4.69, 9.17) is 55.9 Å². The summed E-state index contributed by atoms with van der Waals surface area (Å²) in [6, 6.07) is 0. The van der Waals surface area contributed by atoms with Gasteiger partial charge in [-0.15, -0.1) is 11.6 Å². The highest BCUT2D eigenvalue weighted by Crippen LogP contribution is 2.67. The number of methoxy groups -OCH3 is 2. The predicted molar refractivity (Wildman–Crippen MR) is 87.5 cm³/mol. The molecular weight excluding hydrogens is 386 g/mol. The summed E-state index contributed by atoms with van der Waals surface area (Å²) in [6.07, 6.45) is 3.87. The number of carbonyl (C=O) groups excluding carboxylic acids is 2. The minimum absolute atomic E-state index is 0.0164. The van der Waals surface area contributed by atoms with Gasteiger partial charge in [0.1, 0.15) is 0 Å². The molecule has 0 saturated heterocycles. The summed E-state index contributed by atoms with van der Waals surface area (Å²) < 4.78 is 8.30. The molecule has 2 fully saturated rings. The molecule has 2 bridgehead atoms. The molecule has 128 valence electrons. The van der Waals surface area contributed by atoms with Crippen LogP contribution in [0.4, 0.5) is 0 Å². The van der Waals surface area contributed by atoms with Crippen LogP contribution in [-0.2, 0) is 19.1 Å². The summed E-state index contributed by atoms with van der Waals surface area (Å²) in [7, 11) is 2.61. The van der Waals surface area contributed by atoms with Gasteiger partial charge >= 0.3 is 11.9 Å². The number of hydrogen-bond acceptors (Lipinski definition) is 4. The van der Waals surface area contributed by atoms with Gasteiger partial charge in [0, 0.05) is 11.3 Å². The van der Waals surface area contributed by atoms with Crippen molar-refractivity contribution in [3.05, 3.63) is 12.2 Å². The number of halogens is 4. The van der Waals surface area contributed by atoms with Crippen molar-refractivity contribution in [1.82, 2.24) is 0 Å². The van der Waals surface area contributed by atoms with Gasteiger partial charge in [-0.3, -0.25) is 9.59 Å². The Morgan fingerprint density at radius 3 is 1.74 bits per heavy atom. The maximum Gasteiger partial charge on any atom is 0.310 e. The quantitative estimate of drug-likeness (QED) is 0.405. The SMILES string of the molecule is COC(=O)C1C2C=CC(C1C(=O)OC)C1C2C(Cl)C1C(Cl)(Cl)Cl. The van der Waals surface area contributed by atoms with Crippen LogP contribution in [0.1, 0.15) is 0 Å². The van der Waals surface area contributed by atoms with Gasteiger partial charge in [0.2, 0.25) is 0 Å². The second-order valence-corrected chi connectivity index (χ2v) is 9.18. The Balaban J connectivity index is 2.01. The molecule has 0 aromatic heterocycles. The summed E-state index contributed by atoms with van der Waals surface area (Å²) in [5.74, 6) is -3.04. The van der Waals surface area contributed by atoms with Crippen molar-refractivity contribution < 1.29 is 19.1 Å². The monoisotopic (exact) mass is 400 g/mol. The molecule has 4 rings (SSSR count). The third-order valence-electron chi connectivity index (χ3n) is 5.56. The van der Waals surface area contributed by atoms with E-state index < -0.39 is 27.6 Å². The first-order valence-electron chi connectivity index (χ1n) is 7.28. The molecule has 4 aliphatic rings. The molecule has 8 unspecified atom stereocenters. The Labute approximate surface area is 154 Å². The Morgan fingerprint density at radius 1 is 0.913 bits per heavy atom. The van der Waals surface area contributed by atoms with Crippen LogP contribution in [-0.4, -0.2) is 35.3 Å². The first kappa shape index (κ1) is 17.7. The van der Waals surface area contributed by atoms with Gasteiger partial charge in [0.15, 0.2) is 3.79 Å². The van der Waals surface area contributed by atoms with E-state index in [1.807, 2.05) is 12.2 Å². The van der Waals surface area contributed by atoms with Crippen molar-refractivity contribution in [2.75, 3.05) is 14.2 Å². The molecule has 0 aromatic carbocycles. The van der Waals surface area contributed by atoms with Crippen molar-refractivity contribution in [3.63, 3.8) is 0 Å². The van der Waals surface area contributed by atoms with Crippen LogP contribution >= 0.6 is 46.4 Å². The summed E-state index contributed by atoms with van der Waals surface area (Å²) in [5, 5.41) is -0.365. The fourth-order valence-electron chi connectivity index (χ4n) is 4.71. The van der Waals surface area contributed by atoms with E-state index >= 15 is 0 Å². The van der Waals surface area contributed by atoms with Gasteiger partial charge in [-0.1, -0.05) is 47.0 Å². The molecule has 0 aliphatic heterocycles. The minimum Gasteiger partial charge on any atom is -0.469 e. The number of alkyl halides is 4. The first-order chi connectivity index (χ1) is 10.7. The molecule has 4 nitrogen and oxygen atoms in total. The fourth-order valence-corrected chi connectivity index (χ4v) is 6.44. The zero-order chi connectivity index (χ0) is 17.1. The number of carbonyl (C=O) groups is 2. The molecule has 0 spiro atoms. The highest BCUT2D eigenvalue weighted by molar-refractivity contribution is 6.68. The highest BCUT2D eigenvalue weighted by Gasteiger charge is 2.69. The highest BCUT2D eigenvalue weighted by atomic mass is 35.6. The van der Waals surface area contributed by atoms with Crippen molar-refractivity contribution in [1.29, 1.82) is 0 Å². The van der Waals surface area contributed by atoms with E-state index in [1.54, 1.807) is 0 Å². The van der Waals surface area contributed by atoms with E-state index in [0.29, 0.717) is 0 Å². The number of rotatable bonds is 2. The zero-order valence-electron chi connectivity index (χ0n) is 12.4.